The van der Waals surface area contributed by atoms with E-state index in [0.717, 1.165) is 55.5 Å². The summed E-state index contributed by atoms with van der Waals surface area (Å²) < 4.78 is 13.3. The Balaban J connectivity index is 1.73. The normalized spacial score (nSPS) is 15.0. The van der Waals surface area contributed by atoms with Crippen LogP contribution in [0.5, 0.6) is 5.75 Å². The van der Waals surface area contributed by atoms with Gasteiger partial charge in [0.05, 0.1) is 18.9 Å². The van der Waals surface area contributed by atoms with E-state index in [1.807, 2.05) is 49.8 Å². The molecule has 28 heavy (non-hydrogen) atoms. The zero-order valence-corrected chi connectivity index (χ0v) is 17.0. The maximum absolute atomic E-state index is 12.1. The number of carbonyl (C=O) groups excluding carboxylic acids is 1. The van der Waals surface area contributed by atoms with Crippen LogP contribution >= 0.6 is 0 Å². The van der Waals surface area contributed by atoms with Gasteiger partial charge in [-0.25, -0.2) is 0 Å². The number of carbonyl (C=O) groups is 1. The molecule has 1 fully saturated rings. The van der Waals surface area contributed by atoms with Gasteiger partial charge in [-0.3, -0.25) is 14.4 Å². The molecular formula is C21H30N4O3. The lowest BCUT2D eigenvalue weighted by molar-refractivity contribution is -0.116. The van der Waals surface area contributed by atoms with Crippen molar-refractivity contribution < 1.29 is 14.3 Å². The number of nitrogens with one attached hydrogen (secondary N) is 1. The summed E-state index contributed by atoms with van der Waals surface area (Å²) in [5, 5.41) is 7.25. The van der Waals surface area contributed by atoms with Crippen LogP contribution in [-0.4, -0.2) is 60.0 Å². The van der Waals surface area contributed by atoms with Gasteiger partial charge in [0.1, 0.15) is 12.4 Å². The van der Waals surface area contributed by atoms with Crippen molar-refractivity contribution in [2.24, 2.45) is 13.0 Å². The van der Waals surface area contributed by atoms with Crippen molar-refractivity contribution >= 4 is 11.6 Å². The van der Waals surface area contributed by atoms with E-state index in [1.165, 1.54) is 0 Å². The first-order valence-corrected chi connectivity index (χ1v) is 9.88. The van der Waals surface area contributed by atoms with Crippen LogP contribution < -0.4 is 10.1 Å². The molecule has 0 aliphatic carbocycles. The molecule has 1 saturated heterocycles. The standard InChI is InChI=1S/C21H30N4O3/c1-16(2)14-21(26)23-17-4-5-20(18(15-17)19-6-7-22-24(19)3)28-13-10-25-8-11-27-12-9-25/h4-7,15-16H,8-14H2,1-3H3,(H,23,26). The van der Waals surface area contributed by atoms with E-state index in [2.05, 4.69) is 15.3 Å². The summed E-state index contributed by atoms with van der Waals surface area (Å²) in [5.41, 5.74) is 2.63. The van der Waals surface area contributed by atoms with E-state index < -0.39 is 0 Å². The van der Waals surface area contributed by atoms with Crippen molar-refractivity contribution in [2.75, 3.05) is 44.8 Å². The number of amides is 1. The lowest BCUT2D eigenvalue weighted by atomic mass is 10.1. The first kappa shape index (κ1) is 20.4. The summed E-state index contributed by atoms with van der Waals surface area (Å²) in [5.74, 6) is 1.13. The number of nitrogens with zero attached hydrogens (tertiary/aromatic N) is 3. The van der Waals surface area contributed by atoms with Crippen LogP contribution in [-0.2, 0) is 16.6 Å². The van der Waals surface area contributed by atoms with E-state index in [4.69, 9.17) is 9.47 Å². The fourth-order valence-electron chi connectivity index (χ4n) is 3.26. The molecule has 7 heteroatoms. The molecule has 2 heterocycles. The SMILES string of the molecule is CC(C)CC(=O)Nc1ccc(OCCN2CCOCC2)c(-c2ccnn2C)c1. The second-order valence-corrected chi connectivity index (χ2v) is 7.50. The predicted octanol–water partition coefficient (Wildman–Crippen LogP) is 2.78. The first-order chi connectivity index (χ1) is 13.5. The maximum Gasteiger partial charge on any atom is 0.224 e. The molecule has 0 spiro atoms. The highest BCUT2D eigenvalue weighted by Gasteiger charge is 2.14. The Hall–Kier alpha value is -2.38. The number of ether oxygens (including phenoxy) is 2. The Morgan fingerprint density at radius 3 is 2.75 bits per heavy atom. The fourth-order valence-corrected chi connectivity index (χ4v) is 3.26. The second-order valence-electron chi connectivity index (χ2n) is 7.50. The summed E-state index contributed by atoms with van der Waals surface area (Å²) in [6, 6.07) is 7.72. The molecule has 1 aromatic carbocycles. The lowest BCUT2D eigenvalue weighted by Gasteiger charge is -2.26. The Morgan fingerprint density at radius 1 is 1.29 bits per heavy atom. The van der Waals surface area contributed by atoms with E-state index in [-0.39, 0.29) is 5.91 Å². The fraction of sp³-hybridized carbons (Fsp3) is 0.524. The summed E-state index contributed by atoms with van der Waals surface area (Å²) in [6.07, 6.45) is 2.26. The molecule has 1 aromatic heterocycles. The third-order valence-corrected chi connectivity index (χ3v) is 4.72. The molecule has 0 bridgehead atoms. The average molecular weight is 386 g/mol. The zero-order valence-electron chi connectivity index (χ0n) is 17.0. The highest BCUT2D eigenvalue weighted by Crippen LogP contribution is 2.32. The van der Waals surface area contributed by atoms with E-state index >= 15 is 0 Å². The lowest BCUT2D eigenvalue weighted by Crippen LogP contribution is -2.38. The molecule has 1 aliphatic rings. The quantitative estimate of drug-likeness (QED) is 0.756. The molecule has 0 saturated carbocycles. The van der Waals surface area contributed by atoms with Crippen molar-refractivity contribution in [1.82, 2.24) is 14.7 Å². The number of hydrogen-bond donors (Lipinski definition) is 1. The zero-order chi connectivity index (χ0) is 19.9. The van der Waals surface area contributed by atoms with E-state index in [1.54, 1.807) is 6.20 Å². The number of benzene rings is 1. The van der Waals surface area contributed by atoms with Crippen molar-refractivity contribution in [1.29, 1.82) is 0 Å². The maximum atomic E-state index is 12.1. The Labute approximate surface area is 166 Å². The first-order valence-electron chi connectivity index (χ1n) is 9.88. The summed E-state index contributed by atoms with van der Waals surface area (Å²) in [7, 11) is 1.90. The van der Waals surface area contributed by atoms with Gasteiger partial charge >= 0.3 is 0 Å². The van der Waals surface area contributed by atoms with E-state index in [0.29, 0.717) is 18.9 Å². The number of rotatable bonds is 8. The highest BCUT2D eigenvalue weighted by molar-refractivity contribution is 5.92. The third-order valence-electron chi connectivity index (χ3n) is 4.72. The molecule has 1 N–H and O–H groups in total. The minimum atomic E-state index is 0.0203. The van der Waals surface area contributed by atoms with Gasteiger partial charge in [0.2, 0.25) is 5.91 Å². The van der Waals surface area contributed by atoms with Crippen LogP contribution in [0.3, 0.4) is 0 Å². The topological polar surface area (TPSA) is 68.6 Å². The van der Waals surface area contributed by atoms with Crippen molar-refractivity contribution in [3.05, 3.63) is 30.5 Å². The van der Waals surface area contributed by atoms with Crippen molar-refractivity contribution in [2.45, 2.75) is 20.3 Å². The Bertz CT molecular complexity index is 782. The number of aryl methyl sites for hydroxylation is 1. The molecule has 0 atom stereocenters. The Kier molecular flexibility index (Phi) is 7.06. The van der Waals surface area contributed by atoms with Gasteiger partial charge in [-0.2, -0.15) is 5.10 Å². The van der Waals surface area contributed by atoms with Gasteiger partial charge in [-0.05, 0) is 30.2 Å². The van der Waals surface area contributed by atoms with Crippen molar-refractivity contribution in [3.63, 3.8) is 0 Å². The third kappa shape index (κ3) is 5.56. The smallest absolute Gasteiger partial charge is 0.224 e. The largest absolute Gasteiger partial charge is 0.492 e. The van der Waals surface area contributed by atoms with Crippen LogP contribution in [0.2, 0.25) is 0 Å². The molecule has 7 nitrogen and oxygen atoms in total. The molecule has 2 aromatic rings. The van der Waals surface area contributed by atoms with Gasteiger partial charge in [0.15, 0.2) is 0 Å². The summed E-state index contributed by atoms with van der Waals surface area (Å²) >= 11 is 0. The monoisotopic (exact) mass is 386 g/mol. The van der Waals surface area contributed by atoms with Gasteiger partial charge in [-0.1, -0.05) is 13.8 Å². The number of hydrogen-bond acceptors (Lipinski definition) is 5. The molecule has 3 rings (SSSR count). The molecular weight excluding hydrogens is 356 g/mol. The van der Waals surface area contributed by atoms with Gasteiger partial charge in [0.25, 0.3) is 0 Å². The van der Waals surface area contributed by atoms with E-state index in [9.17, 15) is 4.79 Å². The highest BCUT2D eigenvalue weighted by atomic mass is 16.5. The number of anilines is 1. The van der Waals surface area contributed by atoms with Crippen LogP contribution in [0.4, 0.5) is 5.69 Å². The summed E-state index contributed by atoms with van der Waals surface area (Å²) in [4.78, 5) is 14.5. The van der Waals surface area contributed by atoms with Gasteiger partial charge in [-0.15, -0.1) is 0 Å². The van der Waals surface area contributed by atoms with Crippen LogP contribution in [0, 0.1) is 5.92 Å². The second kappa shape index (κ2) is 9.71. The van der Waals surface area contributed by atoms with Gasteiger partial charge in [0, 0.05) is 50.6 Å². The predicted molar refractivity (Wildman–Crippen MR) is 109 cm³/mol. The molecule has 152 valence electrons. The summed E-state index contributed by atoms with van der Waals surface area (Å²) in [6.45, 7) is 8.98. The van der Waals surface area contributed by atoms with Gasteiger partial charge < -0.3 is 14.8 Å². The number of aromatic nitrogens is 2. The van der Waals surface area contributed by atoms with Crippen LogP contribution in [0.25, 0.3) is 11.3 Å². The molecule has 1 amide bonds. The molecule has 1 aliphatic heterocycles. The molecule has 0 radical (unpaired) electrons. The van der Waals surface area contributed by atoms with Crippen LogP contribution in [0.15, 0.2) is 30.5 Å². The van der Waals surface area contributed by atoms with Crippen LogP contribution in [0.1, 0.15) is 20.3 Å². The minimum Gasteiger partial charge on any atom is -0.492 e. The molecule has 0 unspecified atom stereocenters. The minimum absolute atomic E-state index is 0.0203. The number of morpholine rings is 1. The van der Waals surface area contributed by atoms with Crippen molar-refractivity contribution in [3.8, 4) is 17.0 Å². The average Bonchev–Trinajstić information content (AvgIpc) is 3.08. The Morgan fingerprint density at radius 2 is 2.07 bits per heavy atom.